The fraction of sp³-hybridized carbons (Fsp3) is 1.00. The highest BCUT2D eigenvalue weighted by Gasteiger charge is 2.42. The fourth-order valence-electron chi connectivity index (χ4n) is 3.08. The summed E-state index contributed by atoms with van der Waals surface area (Å²) < 4.78 is 0. The maximum absolute atomic E-state index is 3.90. The van der Waals surface area contributed by atoms with Crippen LogP contribution in [-0.2, 0) is 0 Å². The summed E-state index contributed by atoms with van der Waals surface area (Å²) in [5.41, 5.74) is 0. The summed E-state index contributed by atoms with van der Waals surface area (Å²) >= 11 is 2.21. The summed E-state index contributed by atoms with van der Waals surface area (Å²) in [7, 11) is 0. The van der Waals surface area contributed by atoms with E-state index in [-0.39, 0.29) is 0 Å². The van der Waals surface area contributed by atoms with E-state index in [1.54, 1.807) is 0 Å². The van der Waals surface area contributed by atoms with Gasteiger partial charge in [-0.25, -0.2) is 0 Å². The van der Waals surface area contributed by atoms with E-state index >= 15 is 0 Å². The molecule has 1 aliphatic carbocycles. The van der Waals surface area contributed by atoms with Crippen molar-refractivity contribution in [1.29, 1.82) is 0 Å². The predicted molar refractivity (Wildman–Crippen MR) is 64.7 cm³/mol. The van der Waals surface area contributed by atoms with Crippen LogP contribution in [0.25, 0.3) is 0 Å². The van der Waals surface area contributed by atoms with Crippen LogP contribution >= 0.6 is 11.8 Å². The SMILES string of the molecule is CCC1CCCCC12NC(C)CCS2. The van der Waals surface area contributed by atoms with E-state index in [0.717, 1.165) is 12.0 Å². The molecule has 1 heterocycles. The Hall–Kier alpha value is 0.310. The van der Waals surface area contributed by atoms with E-state index in [2.05, 4.69) is 30.9 Å². The zero-order valence-corrected chi connectivity index (χ0v) is 10.3. The van der Waals surface area contributed by atoms with Gasteiger partial charge in [0, 0.05) is 6.04 Å². The fourth-order valence-corrected chi connectivity index (χ4v) is 5.01. The van der Waals surface area contributed by atoms with Gasteiger partial charge in [0.15, 0.2) is 0 Å². The van der Waals surface area contributed by atoms with Gasteiger partial charge in [0.25, 0.3) is 0 Å². The largest absolute Gasteiger partial charge is 0.300 e. The number of nitrogens with one attached hydrogen (secondary N) is 1. The molecular weight excluding hydrogens is 190 g/mol. The minimum atomic E-state index is 0.463. The second-order valence-electron chi connectivity index (χ2n) is 4.92. The van der Waals surface area contributed by atoms with Gasteiger partial charge in [0.05, 0.1) is 4.87 Å². The Labute approximate surface area is 92.4 Å². The van der Waals surface area contributed by atoms with Crippen LogP contribution in [0.3, 0.4) is 0 Å². The standard InChI is InChI=1S/C12H23NS/c1-3-11-6-4-5-8-12(11)13-10(2)7-9-14-12/h10-11,13H,3-9H2,1-2H3. The average Bonchev–Trinajstić information content (AvgIpc) is 2.18. The van der Waals surface area contributed by atoms with Gasteiger partial charge < -0.3 is 5.32 Å². The molecule has 1 aliphatic heterocycles. The van der Waals surface area contributed by atoms with Crippen LogP contribution in [0.15, 0.2) is 0 Å². The molecule has 2 fully saturated rings. The van der Waals surface area contributed by atoms with E-state index in [1.165, 1.54) is 44.3 Å². The second-order valence-corrected chi connectivity index (χ2v) is 6.35. The maximum Gasteiger partial charge on any atom is 0.0675 e. The van der Waals surface area contributed by atoms with Crippen molar-refractivity contribution in [2.75, 3.05) is 5.75 Å². The molecule has 1 N–H and O–H groups in total. The minimum absolute atomic E-state index is 0.463. The molecule has 14 heavy (non-hydrogen) atoms. The van der Waals surface area contributed by atoms with Gasteiger partial charge in [-0.2, -0.15) is 0 Å². The molecule has 0 amide bonds. The molecule has 3 unspecified atom stereocenters. The third kappa shape index (κ3) is 1.96. The lowest BCUT2D eigenvalue weighted by atomic mass is 9.81. The zero-order valence-electron chi connectivity index (χ0n) is 9.51. The molecule has 0 radical (unpaired) electrons. The Morgan fingerprint density at radius 2 is 2.21 bits per heavy atom. The molecule has 1 saturated carbocycles. The Kier molecular flexibility index (Phi) is 3.43. The summed E-state index contributed by atoms with van der Waals surface area (Å²) in [6, 6.07) is 0.739. The van der Waals surface area contributed by atoms with E-state index in [4.69, 9.17) is 0 Å². The van der Waals surface area contributed by atoms with Crippen molar-refractivity contribution >= 4 is 11.8 Å². The first-order valence-corrected chi connectivity index (χ1v) is 7.17. The third-order valence-electron chi connectivity index (χ3n) is 3.90. The van der Waals surface area contributed by atoms with Gasteiger partial charge in [-0.05, 0) is 37.9 Å². The average molecular weight is 213 g/mol. The van der Waals surface area contributed by atoms with Crippen molar-refractivity contribution in [3.8, 4) is 0 Å². The quantitative estimate of drug-likeness (QED) is 0.716. The molecule has 1 saturated heterocycles. The van der Waals surface area contributed by atoms with Crippen molar-refractivity contribution in [1.82, 2.24) is 5.32 Å². The lowest BCUT2D eigenvalue weighted by molar-refractivity contribution is 0.202. The van der Waals surface area contributed by atoms with E-state index in [9.17, 15) is 0 Å². The zero-order chi connectivity index (χ0) is 10.0. The van der Waals surface area contributed by atoms with Crippen molar-refractivity contribution in [3.63, 3.8) is 0 Å². The number of hydrogen-bond donors (Lipinski definition) is 1. The highest BCUT2D eigenvalue weighted by atomic mass is 32.2. The topological polar surface area (TPSA) is 12.0 Å². The molecule has 1 nitrogen and oxygen atoms in total. The van der Waals surface area contributed by atoms with Crippen LogP contribution in [0.5, 0.6) is 0 Å². The lowest BCUT2D eigenvalue weighted by Gasteiger charge is -2.48. The number of rotatable bonds is 1. The van der Waals surface area contributed by atoms with Crippen molar-refractivity contribution in [2.45, 2.75) is 63.3 Å². The van der Waals surface area contributed by atoms with Gasteiger partial charge in [-0.15, -0.1) is 11.8 Å². The van der Waals surface area contributed by atoms with Crippen LogP contribution < -0.4 is 5.32 Å². The molecule has 0 aromatic carbocycles. The van der Waals surface area contributed by atoms with E-state index in [1.807, 2.05) is 0 Å². The Morgan fingerprint density at radius 1 is 1.36 bits per heavy atom. The lowest BCUT2D eigenvalue weighted by Crippen LogP contribution is -2.56. The molecule has 82 valence electrons. The smallest absolute Gasteiger partial charge is 0.0675 e. The molecule has 2 rings (SSSR count). The van der Waals surface area contributed by atoms with Gasteiger partial charge in [0.1, 0.15) is 0 Å². The van der Waals surface area contributed by atoms with Crippen molar-refractivity contribution < 1.29 is 0 Å². The van der Waals surface area contributed by atoms with Crippen LogP contribution in [0.2, 0.25) is 0 Å². The minimum Gasteiger partial charge on any atom is -0.300 e. The summed E-state index contributed by atoms with van der Waals surface area (Å²) in [6.07, 6.45) is 8.44. The second kappa shape index (κ2) is 4.44. The first kappa shape index (κ1) is 10.8. The van der Waals surface area contributed by atoms with Crippen LogP contribution in [0, 0.1) is 5.92 Å². The van der Waals surface area contributed by atoms with Gasteiger partial charge in [-0.3, -0.25) is 0 Å². The number of thioether (sulfide) groups is 1. The molecule has 1 spiro atoms. The van der Waals surface area contributed by atoms with Crippen molar-refractivity contribution in [3.05, 3.63) is 0 Å². The monoisotopic (exact) mass is 213 g/mol. The van der Waals surface area contributed by atoms with Crippen LogP contribution in [0.1, 0.15) is 52.4 Å². The Balaban J connectivity index is 2.09. The summed E-state index contributed by atoms with van der Waals surface area (Å²) in [4.78, 5) is 0.463. The van der Waals surface area contributed by atoms with Gasteiger partial charge in [-0.1, -0.05) is 26.2 Å². The summed E-state index contributed by atoms with van der Waals surface area (Å²) in [5, 5.41) is 3.90. The van der Waals surface area contributed by atoms with E-state index < -0.39 is 0 Å². The highest BCUT2D eigenvalue weighted by Crippen LogP contribution is 2.46. The molecule has 0 aromatic heterocycles. The third-order valence-corrected chi connectivity index (χ3v) is 5.51. The van der Waals surface area contributed by atoms with Crippen LogP contribution in [0.4, 0.5) is 0 Å². The molecule has 2 heteroatoms. The van der Waals surface area contributed by atoms with Gasteiger partial charge >= 0.3 is 0 Å². The Bertz CT molecular complexity index is 191. The Morgan fingerprint density at radius 3 is 2.93 bits per heavy atom. The van der Waals surface area contributed by atoms with Crippen LogP contribution in [-0.4, -0.2) is 16.7 Å². The first-order valence-electron chi connectivity index (χ1n) is 6.18. The number of hydrogen-bond acceptors (Lipinski definition) is 2. The molecule has 0 bridgehead atoms. The normalized spacial score (nSPS) is 44.1. The molecule has 0 aromatic rings. The maximum atomic E-state index is 3.90. The van der Waals surface area contributed by atoms with E-state index in [0.29, 0.717) is 4.87 Å². The first-order chi connectivity index (χ1) is 6.77. The summed E-state index contributed by atoms with van der Waals surface area (Å²) in [6.45, 7) is 4.71. The van der Waals surface area contributed by atoms with Crippen molar-refractivity contribution in [2.24, 2.45) is 5.92 Å². The molecular formula is C12H23NS. The predicted octanol–water partition coefficient (Wildman–Crippen LogP) is 3.40. The molecule has 3 atom stereocenters. The van der Waals surface area contributed by atoms with Gasteiger partial charge in [0.2, 0.25) is 0 Å². The molecule has 2 aliphatic rings. The highest BCUT2D eigenvalue weighted by molar-refractivity contribution is 8.00. The summed E-state index contributed by atoms with van der Waals surface area (Å²) in [5.74, 6) is 2.29.